The van der Waals surface area contributed by atoms with Gasteiger partial charge in [0.2, 0.25) is 0 Å². The van der Waals surface area contributed by atoms with Crippen LogP contribution < -0.4 is 0 Å². The van der Waals surface area contributed by atoms with E-state index >= 15 is 0 Å². The molecule has 0 bridgehead atoms. The molecule has 0 aliphatic carbocycles. The molecule has 62 heavy (non-hydrogen) atoms. The van der Waals surface area contributed by atoms with Crippen LogP contribution >= 0.6 is 0 Å². The van der Waals surface area contributed by atoms with Crippen molar-refractivity contribution in [3.8, 4) is 89.0 Å². The Bertz CT molecular complexity index is 3270. The van der Waals surface area contributed by atoms with Crippen molar-refractivity contribution in [2.75, 3.05) is 0 Å². The van der Waals surface area contributed by atoms with Crippen LogP contribution in [0.2, 0.25) is 0 Å². The van der Waals surface area contributed by atoms with E-state index in [1.54, 1.807) is 0 Å². The number of aromatic nitrogens is 1. The largest absolute Gasteiger partial charge is 0.265 e. The summed E-state index contributed by atoms with van der Waals surface area (Å²) in [5.74, 6) is 0. The van der Waals surface area contributed by atoms with Gasteiger partial charge >= 0.3 is 0 Å². The first kappa shape index (κ1) is 36.9. The Labute approximate surface area is 362 Å². The fraction of sp³-hybridized carbons (Fsp3) is 0. The standard InChI is InChI=1S/C61H41N/c1-5-17-44(18-6-1)55-41-56(60(47-21-9-3-10-22-47)61(48-23-11-4-12-24-48)59(55)46-19-7-2-8-20-46)45-33-29-42(30-34-45)43-31-35-49(36-32-43)57-51-25-13-15-27-53(51)58(50-37-39-62-40-38-50)54-28-16-14-26-52(54)57/h1-41H. The number of pyridine rings is 1. The third-order valence-corrected chi connectivity index (χ3v) is 12.2. The van der Waals surface area contributed by atoms with Crippen LogP contribution in [0.5, 0.6) is 0 Å². The van der Waals surface area contributed by atoms with E-state index in [1.165, 1.54) is 111 Å². The van der Waals surface area contributed by atoms with Crippen molar-refractivity contribution in [3.63, 3.8) is 0 Å². The molecule has 0 radical (unpaired) electrons. The molecule has 0 saturated carbocycles. The minimum absolute atomic E-state index is 1.17. The topological polar surface area (TPSA) is 12.9 Å². The van der Waals surface area contributed by atoms with Crippen molar-refractivity contribution in [1.29, 1.82) is 0 Å². The molecule has 1 heterocycles. The summed E-state index contributed by atoms with van der Waals surface area (Å²) in [5.41, 5.74) is 19.3. The normalized spacial score (nSPS) is 11.2. The SMILES string of the molecule is c1ccc(-c2cc(-c3ccc(-c4ccc(-c5c6ccccc6c(-c6ccncc6)c6ccccc56)cc4)cc3)c(-c3ccccc3)c(-c3ccccc3)c2-c2ccccc2)cc1. The molecule has 11 rings (SSSR count). The van der Waals surface area contributed by atoms with Gasteiger partial charge in [-0.15, -0.1) is 0 Å². The fourth-order valence-corrected chi connectivity index (χ4v) is 9.40. The second kappa shape index (κ2) is 16.1. The van der Waals surface area contributed by atoms with E-state index in [0.29, 0.717) is 0 Å². The van der Waals surface area contributed by atoms with Crippen LogP contribution in [0.3, 0.4) is 0 Å². The smallest absolute Gasteiger partial charge is 0.0273 e. The molecule has 0 unspecified atom stereocenters. The Morgan fingerprint density at radius 2 is 0.468 bits per heavy atom. The molecule has 0 amide bonds. The zero-order chi connectivity index (χ0) is 41.2. The van der Waals surface area contributed by atoms with Crippen LogP contribution in [0.15, 0.2) is 249 Å². The van der Waals surface area contributed by atoms with Crippen molar-refractivity contribution in [2.45, 2.75) is 0 Å². The van der Waals surface area contributed by atoms with Crippen molar-refractivity contribution < 1.29 is 0 Å². The van der Waals surface area contributed by atoms with Gasteiger partial charge in [0.05, 0.1) is 0 Å². The second-order valence-electron chi connectivity index (χ2n) is 15.8. The van der Waals surface area contributed by atoms with E-state index in [-0.39, 0.29) is 0 Å². The van der Waals surface area contributed by atoms with E-state index in [0.717, 1.165) is 0 Å². The van der Waals surface area contributed by atoms with Gasteiger partial charge in [0.1, 0.15) is 0 Å². The van der Waals surface area contributed by atoms with Crippen LogP contribution in [-0.2, 0) is 0 Å². The molecule has 1 heteroatoms. The first-order valence-electron chi connectivity index (χ1n) is 21.3. The van der Waals surface area contributed by atoms with Gasteiger partial charge in [0, 0.05) is 12.4 Å². The molecule has 0 aliphatic heterocycles. The lowest BCUT2D eigenvalue weighted by Gasteiger charge is -2.24. The van der Waals surface area contributed by atoms with E-state index in [9.17, 15) is 0 Å². The van der Waals surface area contributed by atoms with Crippen molar-refractivity contribution >= 4 is 21.5 Å². The maximum Gasteiger partial charge on any atom is 0.0273 e. The van der Waals surface area contributed by atoms with Crippen LogP contribution in [0.1, 0.15) is 0 Å². The van der Waals surface area contributed by atoms with E-state index in [1.807, 2.05) is 12.4 Å². The third-order valence-electron chi connectivity index (χ3n) is 12.2. The van der Waals surface area contributed by atoms with Gasteiger partial charge in [-0.05, 0) is 129 Å². The predicted octanol–water partition coefficient (Wildman–Crippen LogP) is 16.7. The van der Waals surface area contributed by atoms with Crippen molar-refractivity contribution in [1.82, 2.24) is 4.98 Å². The molecule has 1 nitrogen and oxygen atoms in total. The van der Waals surface area contributed by atoms with Gasteiger partial charge in [0.15, 0.2) is 0 Å². The van der Waals surface area contributed by atoms with Gasteiger partial charge in [-0.3, -0.25) is 4.98 Å². The summed E-state index contributed by atoms with van der Waals surface area (Å²) >= 11 is 0. The molecular weight excluding hydrogens is 747 g/mol. The van der Waals surface area contributed by atoms with Crippen LogP contribution in [0.25, 0.3) is 111 Å². The van der Waals surface area contributed by atoms with Gasteiger partial charge < -0.3 is 0 Å². The fourth-order valence-electron chi connectivity index (χ4n) is 9.40. The molecule has 11 aromatic rings. The van der Waals surface area contributed by atoms with Crippen LogP contribution in [0.4, 0.5) is 0 Å². The maximum atomic E-state index is 4.31. The third kappa shape index (κ3) is 6.67. The molecule has 1 aromatic heterocycles. The summed E-state index contributed by atoms with van der Waals surface area (Å²) in [6, 6.07) is 86.0. The molecule has 0 atom stereocenters. The zero-order valence-corrected chi connectivity index (χ0v) is 34.1. The molecular formula is C61H41N. The quantitative estimate of drug-likeness (QED) is 0.140. The Morgan fingerprint density at radius 3 is 0.871 bits per heavy atom. The number of fused-ring (bicyclic) bond motifs is 2. The van der Waals surface area contributed by atoms with Crippen molar-refractivity contribution in [3.05, 3.63) is 249 Å². The Balaban J connectivity index is 1.06. The number of rotatable bonds is 8. The highest BCUT2D eigenvalue weighted by Gasteiger charge is 2.24. The summed E-state index contributed by atoms with van der Waals surface area (Å²) in [7, 11) is 0. The molecule has 10 aromatic carbocycles. The van der Waals surface area contributed by atoms with Crippen LogP contribution in [0, 0.1) is 0 Å². The Morgan fingerprint density at radius 1 is 0.194 bits per heavy atom. The lowest BCUT2D eigenvalue weighted by molar-refractivity contribution is 1.33. The van der Waals surface area contributed by atoms with Gasteiger partial charge in [0.25, 0.3) is 0 Å². The second-order valence-corrected chi connectivity index (χ2v) is 15.8. The number of nitrogens with zero attached hydrogens (tertiary/aromatic N) is 1. The lowest BCUT2D eigenvalue weighted by atomic mass is 9.79. The monoisotopic (exact) mass is 787 g/mol. The minimum atomic E-state index is 1.17. The van der Waals surface area contributed by atoms with Crippen LogP contribution in [-0.4, -0.2) is 4.98 Å². The Kier molecular flexibility index (Phi) is 9.61. The predicted molar refractivity (Wildman–Crippen MR) is 263 cm³/mol. The average Bonchev–Trinajstić information content (AvgIpc) is 3.36. The maximum absolute atomic E-state index is 4.31. The molecule has 0 aliphatic rings. The minimum Gasteiger partial charge on any atom is -0.265 e. The zero-order valence-electron chi connectivity index (χ0n) is 34.1. The summed E-state index contributed by atoms with van der Waals surface area (Å²) < 4.78 is 0. The van der Waals surface area contributed by atoms with E-state index < -0.39 is 0 Å². The Hall–Kier alpha value is -8.13. The number of hydrogen-bond donors (Lipinski definition) is 0. The lowest BCUT2D eigenvalue weighted by Crippen LogP contribution is -1.98. The molecule has 290 valence electrons. The highest BCUT2D eigenvalue weighted by molar-refractivity contribution is 6.21. The van der Waals surface area contributed by atoms with Crippen molar-refractivity contribution in [2.24, 2.45) is 0 Å². The average molecular weight is 788 g/mol. The van der Waals surface area contributed by atoms with E-state index in [4.69, 9.17) is 0 Å². The summed E-state index contributed by atoms with van der Waals surface area (Å²) in [5, 5.41) is 4.97. The number of hydrogen-bond acceptors (Lipinski definition) is 1. The summed E-state index contributed by atoms with van der Waals surface area (Å²) in [6.45, 7) is 0. The highest BCUT2D eigenvalue weighted by atomic mass is 14.6. The first-order valence-corrected chi connectivity index (χ1v) is 21.3. The number of benzene rings is 10. The first-order chi connectivity index (χ1) is 30.8. The molecule has 0 N–H and O–H groups in total. The molecule has 0 spiro atoms. The molecule has 0 fully saturated rings. The highest BCUT2D eigenvalue weighted by Crippen LogP contribution is 2.50. The summed E-state index contributed by atoms with van der Waals surface area (Å²) in [4.78, 5) is 4.31. The van der Waals surface area contributed by atoms with Gasteiger partial charge in [-0.25, -0.2) is 0 Å². The van der Waals surface area contributed by atoms with Gasteiger partial charge in [-0.1, -0.05) is 218 Å². The summed E-state index contributed by atoms with van der Waals surface area (Å²) in [6.07, 6.45) is 3.76. The molecule has 0 saturated heterocycles. The van der Waals surface area contributed by atoms with Gasteiger partial charge in [-0.2, -0.15) is 0 Å². The van der Waals surface area contributed by atoms with E-state index in [2.05, 4.69) is 242 Å².